The summed E-state index contributed by atoms with van der Waals surface area (Å²) in [6.07, 6.45) is -4.58. The molecule has 1 radical (unpaired) electrons. The molecule has 0 saturated carbocycles. The molecule has 28 heavy (non-hydrogen) atoms. The Morgan fingerprint density at radius 2 is 0.643 bits per heavy atom. The minimum absolute atomic E-state index is 0. The standard InChI is InChI=1S/2C6H8O7.Co.W/c2*7-3(8)1-6(13,5(11)12)2-4(9)10;;/h2*13H,1-2H2,(H,7,8)(H,9,10)(H,11,12);;. The molecule has 0 saturated heterocycles. The van der Waals surface area contributed by atoms with Gasteiger partial charge in [-0.25, -0.2) is 9.59 Å². The minimum atomic E-state index is -2.74. The van der Waals surface area contributed by atoms with E-state index in [2.05, 4.69) is 0 Å². The third-order valence-corrected chi connectivity index (χ3v) is 2.57. The van der Waals surface area contributed by atoms with E-state index in [9.17, 15) is 28.8 Å². The molecule has 0 amide bonds. The van der Waals surface area contributed by atoms with Crippen LogP contribution >= 0.6 is 0 Å². The largest absolute Gasteiger partial charge is 0.481 e. The van der Waals surface area contributed by atoms with E-state index in [4.69, 9.17) is 40.9 Å². The van der Waals surface area contributed by atoms with Gasteiger partial charge in [-0.05, 0) is 0 Å². The van der Waals surface area contributed by atoms with Crippen molar-refractivity contribution in [2.45, 2.75) is 36.9 Å². The fraction of sp³-hybridized carbons (Fsp3) is 0.500. The monoisotopic (exact) mass is 627 g/mol. The van der Waals surface area contributed by atoms with Crippen molar-refractivity contribution in [3.05, 3.63) is 0 Å². The molecular weight excluding hydrogens is 611 g/mol. The van der Waals surface area contributed by atoms with E-state index in [1.165, 1.54) is 0 Å². The Labute approximate surface area is 180 Å². The van der Waals surface area contributed by atoms with Gasteiger partial charge in [-0.1, -0.05) is 0 Å². The molecule has 163 valence electrons. The molecular formula is C12H16CoO14W. The average Bonchev–Trinajstić information content (AvgIpc) is 2.34. The number of hydrogen-bond acceptors (Lipinski definition) is 8. The Balaban J connectivity index is -0.000000192. The summed E-state index contributed by atoms with van der Waals surface area (Å²) in [5.74, 6) is -10.0. The summed E-state index contributed by atoms with van der Waals surface area (Å²) in [6.45, 7) is 0. The first kappa shape index (κ1) is 33.5. The molecule has 0 aliphatic heterocycles. The second kappa shape index (κ2) is 14.0. The van der Waals surface area contributed by atoms with Gasteiger partial charge in [0.1, 0.15) is 0 Å². The Morgan fingerprint density at radius 1 is 0.500 bits per heavy atom. The Bertz CT molecular complexity index is 519. The first-order valence-corrected chi connectivity index (χ1v) is 6.34. The van der Waals surface area contributed by atoms with E-state index < -0.39 is 72.7 Å². The molecule has 0 unspecified atom stereocenters. The minimum Gasteiger partial charge on any atom is -0.481 e. The van der Waals surface area contributed by atoms with Crippen LogP contribution in [0.3, 0.4) is 0 Å². The van der Waals surface area contributed by atoms with Gasteiger partial charge < -0.3 is 40.9 Å². The molecule has 0 aromatic heterocycles. The smallest absolute Gasteiger partial charge is 0.336 e. The maximum atomic E-state index is 10.3. The molecule has 16 heteroatoms. The summed E-state index contributed by atoms with van der Waals surface area (Å²) >= 11 is 0. The van der Waals surface area contributed by atoms with Crippen LogP contribution in [0.5, 0.6) is 0 Å². The molecule has 14 nitrogen and oxygen atoms in total. The quantitative estimate of drug-likeness (QED) is 0.125. The SMILES string of the molecule is O=C(O)CC(O)(CC(=O)O)C(=O)O.O=C(O)CC(O)(CC(=O)O)C(=O)O.[Co].[W]. The zero-order valence-electron chi connectivity index (χ0n) is 13.6. The van der Waals surface area contributed by atoms with Gasteiger partial charge >= 0.3 is 35.8 Å². The predicted molar refractivity (Wildman–Crippen MR) is 74.2 cm³/mol. The van der Waals surface area contributed by atoms with Crippen LogP contribution in [0.25, 0.3) is 0 Å². The van der Waals surface area contributed by atoms with Crippen molar-refractivity contribution in [2.75, 3.05) is 0 Å². The molecule has 0 heterocycles. The van der Waals surface area contributed by atoms with Gasteiger partial charge in [0.25, 0.3) is 0 Å². The second-order valence-electron chi connectivity index (χ2n) is 4.96. The molecule has 0 rings (SSSR count). The van der Waals surface area contributed by atoms with E-state index in [-0.39, 0.29) is 37.8 Å². The predicted octanol–water partition coefficient (Wildman–Crippen LogP) is -2.50. The summed E-state index contributed by atoms with van der Waals surface area (Å²) in [5.41, 5.74) is -5.48. The first-order chi connectivity index (χ1) is 11.6. The second-order valence-corrected chi connectivity index (χ2v) is 4.96. The number of hydrogen-bond donors (Lipinski definition) is 8. The number of aliphatic hydroxyl groups is 2. The average molecular weight is 627 g/mol. The van der Waals surface area contributed by atoms with Crippen LogP contribution in [0.15, 0.2) is 0 Å². The topological polar surface area (TPSA) is 264 Å². The van der Waals surface area contributed by atoms with Gasteiger partial charge in [0, 0.05) is 37.8 Å². The van der Waals surface area contributed by atoms with Gasteiger partial charge in [0.05, 0.1) is 25.7 Å². The van der Waals surface area contributed by atoms with Crippen molar-refractivity contribution in [1.82, 2.24) is 0 Å². The third-order valence-electron chi connectivity index (χ3n) is 2.57. The van der Waals surface area contributed by atoms with Crippen LogP contribution in [0.2, 0.25) is 0 Å². The molecule has 0 spiro atoms. The molecule has 0 aromatic carbocycles. The molecule has 0 bridgehead atoms. The molecule has 0 fully saturated rings. The molecule has 0 atom stereocenters. The van der Waals surface area contributed by atoms with Crippen molar-refractivity contribution in [3.63, 3.8) is 0 Å². The number of carboxylic acid groups (broad SMARTS) is 6. The van der Waals surface area contributed by atoms with Crippen molar-refractivity contribution in [1.29, 1.82) is 0 Å². The maximum absolute atomic E-state index is 10.3. The van der Waals surface area contributed by atoms with Crippen LogP contribution in [-0.2, 0) is 66.6 Å². The molecule has 0 aliphatic rings. The Morgan fingerprint density at radius 3 is 0.714 bits per heavy atom. The van der Waals surface area contributed by atoms with E-state index in [0.717, 1.165) is 0 Å². The Hall–Kier alpha value is -2.07. The van der Waals surface area contributed by atoms with Crippen LogP contribution in [0, 0.1) is 0 Å². The summed E-state index contributed by atoms with van der Waals surface area (Å²) < 4.78 is 0. The van der Waals surface area contributed by atoms with E-state index in [1.54, 1.807) is 0 Å². The van der Waals surface area contributed by atoms with E-state index in [1.807, 2.05) is 0 Å². The van der Waals surface area contributed by atoms with Gasteiger partial charge in [-0.15, -0.1) is 0 Å². The number of carbonyl (C=O) groups is 6. The van der Waals surface area contributed by atoms with Gasteiger partial charge in [0.15, 0.2) is 11.2 Å². The fourth-order valence-electron chi connectivity index (χ4n) is 1.43. The first-order valence-electron chi connectivity index (χ1n) is 6.34. The molecule has 0 aromatic rings. The summed E-state index contributed by atoms with van der Waals surface area (Å²) in [5, 5.41) is 67.6. The summed E-state index contributed by atoms with van der Waals surface area (Å²) in [6, 6.07) is 0. The Kier molecular flexibility index (Phi) is 16.8. The third kappa shape index (κ3) is 14.0. The van der Waals surface area contributed by atoms with Gasteiger partial charge in [-0.2, -0.15) is 0 Å². The van der Waals surface area contributed by atoms with Crippen molar-refractivity contribution in [2.24, 2.45) is 0 Å². The maximum Gasteiger partial charge on any atom is 0.336 e. The van der Waals surface area contributed by atoms with Crippen LogP contribution in [-0.4, -0.2) is 87.9 Å². The number of aliphatic carboxylic acids is 6. The number of carboxylic acids is 6. The fourth-order valence-corrected chi connectivity index (χ4v) is 1.43. The zero-order valence-corrected chi connectivity index (χ0v) is 17.6. The summed E-state index contributed by atoms with van der Waals surface area (Å²) in [7, 11) is 0. The van der Waals surface area contributed by atoms with Crippen molar-refractivity contribution < 1.29 is 107 Å². The zero-order chi connectivity index (χ0) is 21.3. The van der Waals surface area contributed by atoms with E-state index in [0.29, 0.717) is 0 Å². The molecule has 0 aliphatic carbocycles. The molecule has 8 N–H and O–H groups in total. The van der Waals surface area contributed by atoms with Crippen molar-refractivity contribution >= 4 is 35.8 Å². The van der Waals surface area contributed by atoms with Crippen LogP contribution in [0.4, 0.5) is 0 Å². The van der Waals surface area contributed by atoms with E-state index >= 15 is 0 Å². The van der Waals surface area contributed by atoms with Gasteiger partial charge in [-0.3, -0.25) is 19.2 Å². The van der Waals surface area contributed by atoms with Crippen molar-refractivity contribution in [3.8, 4) is 0 Å². The van der Waals surface area contributed by atoms with Crippen LogP contribution in [0.1, 0.15) is 25.7 Å². The normalized spacial score (nSPS) is 10.1. The van der Waals surface area contributed by atoms with Gasteiger partial charge in [0.2, 0.25) is 0 Å². The van der Waals surface area contributed by atoms with Crippen LogP contribution < -0.4 is 0 Å². The summed E-state index contributed by atoms with van der Waals surface area (Å²) in [4.78, 5) is 61.0. The number of rotatable bonds is 10.